The number of fused-ring (bicyclic) bond motifs is 1. The van der Waals surface area contributed by atoms with E-state index in [0.29, 0.717) is 25.3 Å². The summed E-state index contributed by atoms with van der Waals surface area (Å²) in [5, 5.41) is 14.5. The summed E-state index contributed by atoms with van der Waals surface area (Å²) in [5.74, 6) is 0.495. The van der Waals surface area contributed by atoms with Crippen molar-refractivity contribution >= 4 is 50.8 Å². The monoisotopic (exact) mass is 469 g/mol. The van der Waals surface area contributed by atoms with Gasteiger partial charge in [-0.3, -0.25) is 9.59 Å². The lowest BCUT2D eigenvalue weighted by molar-refractivity contribution is -0.130. The Morgan fingerprint density at radius 2 is 1.81 bits per heavy atom. The quantitative estimate of drug-likeness (QED) is 0.536. The predicted molar refractivity (Wildman–Crippen MR) is 130 cm³/mol. The van der Waals surface area contributed by atoms with Crippen LogP contribution in [0.1, 0.15) is 19.4 Å². The number of rotatable bonds is 7. The van der Waals surface area contributed by atoms with Crippen LogP contribution in [0.5, 0.6) is 0 Å². The summed E-state index contributed by atoms with van der Waals surface area (Å²) in [5.41, 5.74) is 1.07. The Hall–Kier alpha value is -2.65. The third-order valence-electron chi connectivity index (χ3n) is 5.30. The van der Waals surface area contributed by atoms with Crippen LogP contribution < -0.4 is 10.2 Å². The van der Waals surface area contributed by atoms with Crippen molar-refractivity contribution in [2.24, 2.45) is 0 Å². The van der Waals surface area contributed by atoms with Gasteiger partial charge in [0.05, 0.1) is 12.2 Å². The van der Waals surface area contributed by atoms with Gasteiger partial charge in [-0.25, -0.2) is 0 Å². The molecule has 32 heavy (non-hydrogen) atoms. The molecule has 0 atom stereocenters. The number of thioether (sulfide) groups is 1. The van der Waals surface area contributed by atoms with E-state index >= 15 is 0 Å². The summed E-state index contributed by atoms with van der Waals surface area (Å²) in [4.78, 5) is 28.8. The minimum absolute atomic E-state index is 0.0000661. The Bertz CT molecular complexity index is 1090. The number of anilines is 1. The smallest absolute Gasteiger partial charge is 0.230 e. The lowest BCUT2D eigenvalue weighted by Gasteiger charge is -2.34. The molecular weight excluding hydrogens is 442 g/mol. The lowest BCUT2D eigenvalue weighted by atomic mass is 10.0. The van der Waals surface area contributed by atoms with Gasteiger partial charge in [0.2, 0.25) is 16.9 Å². The molecule has 0 aliphatic carbocycles. The molecule has 2 amide bonds. The zero-order valence-electron chi connectivity index (χ0n) is 18.3. The van der Waals surface area contributed by atoms with E-state index in [1.807, 2.05) is 43.0 Å². The van der Waals surface area contributed by atoms with Crippen LogP contribution in [0.25, 0.3) is 10.8 Å². The maximum atomic E-state index is 12.9. The second kappa shape index (κ2) is 10.3. The van der Waals surface area contributed by atoms with Gasteiger partial charge in [-0.05, 0) is 30.2 Å². The molecule has 1 N–H and O–H groups in total. The molecule has 1 aliphatic rings. The average molecular weight is 470 g/mol. The first-order valence-electron chi connectivity index (χ1n) is 10.7. The number of amides is 2. The fourth-order valence-electron chi connectivity index (χ4n) is 3.75. The van der Waals surface area contributed by atoms with Gasteiger partial charge < -0.3 is 15.1 Å². The number of carbonyl (C=O) groups excluding carboxylic acids is 2. The predicted octanol–water partition coefficient (Wildman–Crippen LogP) is 3.20. The van der Waals surface area contributed by atoms with E-state index in [1.54, 1.807) is 0 Å². The Kier molecular flexibility index (Phi) is 7.26. The number of benzene rings is 2. The van der Waals surface area contributed by atoms with Gasteiger partial charge in [-0.1, -0.05) is 65.6 Å². The molecule has 1 saturated heterocycles. The second-order valence-electron chi connectivity index (χ2n) is 8.04. The van der Waals surface area contributed by atoms with Gasteiger partial charge >= 0.3 is 0 Å². The van der Waals surface area contributed by atoms with E-state index in [9.17, 15) is 9.59 Å². The first kappa shape index (κ1) is 22.5. The van der Waals surface area contributed by atoms with Crippen LogP contribution in [0.4, 0.5) is 5.13 Å². The summed E-state index contributed by atoms with van der Waals surface area (Å²) in [6, 6.07) is 14.5. The van der Waals surface area contributed by atoms with Crippen molar-refractivity contribution in [3.63, 3.8) is 0 Å². The number of nitrogens with zero attached hydrogens (tertiary/aromatic N) is 4. The molecule has 3 aromatic rings. The molecule has 0 radical (unpaired) electrons. The molecule has 4 rings (SSSR count). The standard InChI is InChI=1S/C23H27N5O2S2/c1-16(2)24-20(29)15-31-23-26-25-22(32-23)28-12-10-27(11-13-28)21(30)14-18-8-5-7-17-6-3-4-9-19(17)18/h3-9,16H,10-15H2,1-2H3,(H,24,29). The Morgan fingerprint density at radius 3 is 2.59 bits per heavy atom. The summed E-state index contributed by atoms with van der Waals surface area (Å²) < 4.78 is 0.786. The molecule has 7 nitrogen and oxygen atoms in total. The summed E-state index contributed by atoms with van der Waals surface area (Å²) in [6.07, 6.45) is 0.416. The highest BCUT2D eigenvalue weighted by Gasteiger charge is 2.24. The zero-order chi connectivity index (χ0) is 22.5. The van der Waals surface area contributed by atoms with E-state index in [4.69, 9.17) is 0 Å². The van der Waals surface area contributed by atoms with Gasteiger partial charge in [0.25, 0.3) is 0 Å². The number of piperazine rings is 1. The van der Waals surface area contributed by atoms with Crippen molar-refractivity contribution < 1.29 is 9.59 Å². The van der Waals surface area contributed by atoms with Gasteiger partial charge in [-0.2, -0.15) is 0 Å². The SMILES string of the molecule is CC(C)NC(=O)CSc1nnc(N2CCN(C(=O)Cc3cccc4ccccc34)CC2)s1. The van der Waals surface area contributed by atoms with Crippen molar-refractivity contribution in [1.29, 1.82) is 0 Å². The molecule has 0 unspecified atom stereocenters. The fraction of sp³-hybridized carbons (Fsp3) is 0.391. The Balaban J connectivity index is 1.29. The molecule has 2 aromatic carbocycles. The van der Waals surface area contributed by atoms with Gasteiger partial charge in [0.1, 0.15) is 0 Å². The van der Waals surface area contributed by atoms with Crippen molar-refractivity contribution in [3.8, 4) is 0 Å². The van der Waals surface area contributed by atoms with Gasteiger partial charge in [0, 0.05) is 32.2 Å². The van der Waals surface area contributed by atoms with E-state index < -0.39 is 0 Å². The lowest BCUT2D eigenvalue weighted by Crippen LogP contribution is -2.49. The van der Waals surface area contributed by atoms with Crippen molar-refractivity contribution in [1.82, 2.24) is 20.4 Å². The van der Waals surface area contributed by atoms with Crippen LogP contribution in [0.15, 0.2) is 46.8 Å². The molecule has 1 aliphatic heterocycles. The molecule has 1 fully saturated rings. The summed E-state index contributed by atoms with van der Waals surface area (Å²) in [7, 11) is 0. The van der Waals surface area contributed by atoms with E-state index in [0.717, 1.165) is 38.9 Å². The van der Waals surface area contributed by atoms with Crippen LogP contribution >= 0.6 is 23.1 Å². The number of nitrogens with one attached hydrogen (secondary N) is 1. The molecule has 0 bridgehead atoms. The molecule has 168 valence electrons. The number of hydrogen-bond donors (Lipinski definition) is 1. The molecule has 0 saturated carbocycles. The van der Waals surface area contributed by atoms with E-state index in [1.165, 1.54) is 23.1 Å². The maximum Gasteiger partial charge on any atom is 0.230 e. The topological polar surface area (TPSA) is 78.4 Å². The van der Waals surface area contributed by atoms with Crippen LogP contribution in [0, 0.1) is 0 Å². The maximum absolute atomic E-state index is 12.9. The minimum Gasteiger partial charge on any atom is -0.353 e. The fourth-order valence-corrected chi connectivity index (χ4v) is 5.45. The van der Waals surface area contributed by atoms with Crippen molar-refractivity contribution in [2.45, 2.75) is 30.6 Å². The van der Waals surface area contributed by atoms with Crippen LogP contribution in [0.3, 0.4) is 0 Å². The molecule has 0 spiro atoms. The number of carbonyl (C=O) groups is 2. The van der Waals surface area contributed by atoms with Crippen molar-refractivity contribution in [2.75, 3.05) is 36.8 Å². The first-order valence-corrected chi connectivity index (χ1v) is 12.5. The summed E-state index contributed by atoms with van der Waals surface area (Å²) >= 11 is 2.90. The highest BCUT2D eigenvalue weighted by atomic mass is 32.2. The first-order chi connectivity index (χ1) is 15.5. The second-order valence-corrected chi connectivity index (χ2v) is 10.2. The van der Waals surface area contributed by atoms with Crippen molar-refractivity contribution in [3.05, 3.63) is 48.0 Å². The van der Waals surface area contributed by atoms with E-state index in [-0.39, 0.29) is 17.9 Å². The van der Waals surface area contributed by atoms with Crippen LogP contribution in [0.2, 0.25) is 0 Å². The molecule has 9 heteroatoms. The van der Waals surface area contributed by atoms with Crippen LogP contribution in [-0.4, -0.2) is 64.9 Å². The number of aromatic nitrogens is 2. The van der Waals surface area contributed by atoms with Crippen LogP contribution in [-0.2, 0) is 16.0 Å². The average Bonchev–Trinajstić information content (AvgIpc) is 3.27. The van der Waals surface area contributed by atoms with Gasteiger partial charge in [-0.15, -0.1) is 10.2 Å². The molecular formula is C23H27N5O2S2. The zero-order valence-corrected chi connectivity index (χ0v) is 19.9. The Morgan fingerprint density at radius 1 is 1.06 bits per heavy atom. The molecule has 2 heterocycles. The number of hydrogen-bond acceptors (Lipinski definition) is 7. The Labute approximate surface area is 196 Å². The third kappa shape index (κ3) is 5.58. The molecule has 1 aromatic heterocycles. The highest BCUT2D eigenvalue weighted by molar-refractivity contribution is 8.01. The van der Waals surface area contributed by atoms with E-state index in [2.05, 4.69) is 38.6 Å². The normalized spacial score (nSPS) is 14.2. The third-order valence-corrected chi connectivity index (χ3v) is 7.41. The highest BCUT2D eigenvalue weighted by Crippen LogP contribution is 2.28. The largest absolute Gasteiger partial charge is 0.353 e. The summed E-state index contributed by atoms with van der Waals surface area (Å²) in [6.45, 7) is 6.68. The minimum atomic E-state index is 0.0000661. The van der Waals surface area contributed by atoms with Gasteiger partial charge in [0.15, 0.2) is 4.34 Å².